The Balaban J connectivity index is 2.44. The smallest absolute Gasteiger partial charge is 0.137 e. The van der Waals surface area contributed by atoms with Gasteiger partial charge >= 0.3 is 0 Å². The Morgan fingerprint density at radius 3 is 2.87 bits per heavy atom. The summed E-state index contributed by atoms with van der Waals surface area (Å²) in [5, 5.41) is 0. The molecular formula is C11H11N3O. The standard InChI is InChI=1S/C11H11N3O/c1-15-9-5-8(6-13-7-9)10-3-2-4-11(12)14-10/h2-7H,1H3,(H2,12,14). The topological polar surface area (TPSA) is 61.0 Å². The summed E-state index contributed by atoms with van der Waals surface area (Å²) in [5.74, 6) is 1.20. The van der Waals surface area contributed by atoms with Crippen molar-refractivity contribution >= 4 is 5.82 Å². The van der Waals surface area contributed by atoms with Crippen molar-refractivity contribution in [3.8, 4) is 17.0 Å². The molecule has 0 radical (unpaired) electrons. The van der Waals surface area contributed by atoms with Gasteiger partial charge in [0.05, 0.1) is 19.0 Å². The lowest BCUT2D eigenvalue weighted by Gasteiger charge is -2.03. The van der Waals surface area contributed by atoms with Crippen molar-refractivity contribution < 1.29 is 4.74 Å². The van der Waals surface area contributed by atoms with Gasteiger partial charge in [-0.05, 0) is 18.2 Å². The van der Waals surface area contributed by atoms with E-state index in [0.717, 1.165) is 11.3 Å². The normalized spacial score (nSPS) is 9.93. The van der Waals surface area contributed by atoms with Crippen molar-refractivity contribution in [2.45, 2.75) is 0 Å². The average Bonchev–Trinajstić information content (AvgIpc) is 2.29. The molecule has 0 saturated carbocycles. The van der Waals surface area contributed by atoms with Crippen molar-refractivity contribution in [2.75, 3.05) is 12.8 Å². The molecule has 0 aliphatic carbocycles. The molecule has 4 nitrogen and oxygen atoms in total. The first-order valence-electron chi connectivity index (χ1n) is 4.51. The summed E-state index contributed by atoms with van der Waals surface area (Å²) in [7, 11) is 1.60. The molecule has 76 valence electrons. The molecule has 4 heteroatoms. The second kappa shape index (κ2) is 3.96. The summed E-state index contributed by atoms with van der Waals surface area (Å²) in [6.07, 6.45) is 3.38. The Bertz CT molecular complexity index is 471. The van der Waals surface area contributed by atoms with Gasteiger partial charge in [0.1, 0.15) is 11.6 Å². The predicted molar refractivity (Wildman–Crippen MR) is 58.4 cm³/mol. The average molecular weight is 201 g/mol. The number of rotatable bonds is 2. The minimum absolute atomic E-state index is 0.496. The van der Waals surface area contributed by atoms with Crippen molar-refractivity contribution in [2.24, 2.45) is 0 Å². The first-order chi connectivity index (χ1) is 7.29. The fourth-order valence-electron chi connectivity index (χ4n) is 1.28. The van der Waals surface area contributed by atoms with E-state index in [1.165, 1.54) is 0 Å². The van der Waals surface area contributed by atoms with Gasteiger partial charge in [-0.1, -0.05) is 6.07 Å². The minimum Gasteiger partial charge on any atom is -0.495 e. The third-order valence-electron chi connectivity index (χ3n) is 2.02. The minimum atomic E-state index is 0.496. The highest BCUT2D eigenvalue weighted by atomic mass is 16.5. The lowest BCUT2D eigenvalue weighted by atomic mass is 10.2. The second-order valence-electron chi connectivity index (χ2n) is 3.06. The highest BCUT2D eigenvalue weighted by Crippen LogP contribution is 2.20. The molecule has 0 aromatic carbocycles. The molecule has 15 heavy (non-hydrogen) atoms. The van der Waals surface area contributed by atoms with Gasteiger partial charge < -0.3 is 10.5 Å². The SMILES string of the molecule is COc1cncc(-c2cccc(N)n2)c1. The molecule has 2 rings (SSSR count). The van der Waals surface area contributed by atoms with Gasteiger partial charge in [0.15, 0.2) is 0 Å². The van der Waals surface area contributed by atoms with Gasteiger partial charge in [0.2, 0.25) is 0 Å². The fraction of sp³-hybridized carbons (Fsp3) is 0.0909. The number of nitrogen functional groups attached to an aromatic ring is 1. The zero-order valence-electron chi connectivity index (χ0n) is 8.34. The number of hydrogen-bond donors (Lipinski definition) is 1. The van der Waals surface area contributed by atoms with Crippen molar-refractivity contribution in [3.63, 3.8) is 0 Å². The van der Waals surface area contributed by atoms with Crippen LogP contribution in [0.2, 0.25) is 0 Å². The number of aromatic nitrogens is 2. The van der Waals surface area contributed by atoms with Crippen LogP contribution in [0.5, 0.6) is 5.75 Å². The summed E-state index contributed by atoms with van der Waals surface area (Å²) < 4.78 is 5.09. The van der Waals surface area contributed by atoms with Crippen molar-refractivity contribution in [1.82, 2.24) is 9.97 Å². The quantitative estimate of drug-likeness (QED) is 0.803. The first-order valence-corrected chi connectivity index (χ1v) is 4.51. The highest BCUT2D eigenvalue weighted by molar-refractivity contribution is 5.61. The van der Waals surface area contributed by atoms with E-state index in [9.17, 15) is 0 Å². The number of anilines is 1. The van der Waals surface area contributed by atoms with E-state index in [1.54, 1.807) is 25.6 Å². The van der Waals surface area contributed by atoms with Crippen LogP contribution in [0, 0.1) is 0 Å². The molecule has 2 aromatic rings. The third kappa shape index (κ3) is 2.04. The Morgan fingerprint density at radius 1 is 1.27 bits per heavy atom. The molecule has 2 heterocycles. The second-order valence-corrected chi connectivity index (χ2v) is 3.06. The molecule has 0 atom stereocenters. The predicted octanol–water partition coefficient (Wildman–Crippen LogP) is 1.73. The van der Waals surface area contributed by atoms with E-state index in [-0.39, 0.29) is 0 Å². The molecular weight excluding hydrogens is 190 g/mol. The lowest BCUT2D eigenvalue weighted by molar-refractivity contribution is 0.413. The van der Waals surface area contributed by atoms with E-state index in [1.807, 2.05) is 18.2 Å². The van der Waals surface area contributed by atoms with Gasteiger partial charge in [-0.25, -0.2) is 4.98 Å². The van der Waals surface area contributed by atoms with Crippen LogP contribution in [0.15, 0.2) is 36.7 Å². The van der Waals surface area contributed by atoms with Gasteiger partial charge in [-0.3, -0.25) is 4.98 Å². The van der Waals surface area contributed by atoms with Crippen LogP contribution in [-0.4, -0.2) is 17.1 Å². The molecule has 0 unspecified atom stereocenters. The van der Waals surface area contributed by atoms with Gasteiger partial charge in [0.25, 0.3) is 0 Å². The molecule has 0 saturated heterocycles. The maximum atomic E-state index is 5.60. The van der Waals surface area contributed by atoms with Crippen LogP contribution >= 0.6 is 0 Å². The van der Waals surface area contributed by atoms with E-state index in [4.69, 9.17) is 10.5 Å². The van der Waals surface area contributed by atoms with Crippen LogP contribution in [0.1, 0.15) is 0 Å². The summed E-state index contributed by atoms with van der Waals surface area (Å²) >= 11 is 0. The summed E-state index contributed by atoms with van der Waals surface area (Å²) in [6, 6.07) is 7.36. The molecule has 0 bridgehead atoms. The fourth-order valence-corrected chi connectivity index (χ4v) is 1.28. The highest BCUT2D eigenvalue weighted by Gasteiger charge is 2.01. The number of pyridine rings is 2. The van der Waals surface area contributed by atoms with E-state index < -0.39 is 0 Å². The van der Waals surface area contributed by atoms with E-state index in [2.05, 4.69) is 9.97 Å². The maximum absolute atomic E-state index is 5.60. The Morgan fingerprint density at radius 2 is 2.13 bits per heavy atom. The van der Waals surface area contributed by atoms with Gasteiger partial charge in [0, 0.05) is 11.8 Å². The van der Waals surface area contributed by atoms with Crippen LogP contribution in [-0.2, 0) is 0 Å². The number of hydrogen-bond acceptors (Lipinski definition) is 4. The number of methoxy groups -OCH3 is 1. The molecule has 0 amide bonds. The summed E-state index contributed by atoms with van der Waals surface area (Å²) in [5.41, 5.74) is 7.29. The molecule has 0 aliphatic rings. The Hall–Kier alpha value is -2.10. The number of ether oxygens (including phenoxy) is 1. The lowest BCUT2D eigenvalue weighted by Crippen LogP contribution is -1.92. The molecule has 2 aromatic heterocycles. The van der Waals surface area contributed by atoms with Gasteiger partial charge in [-0.15, -0.1) is 0 Å². The zero-order chi connectivity index (χ0) is 10.7. The Kier molecular flexibility index (Phi) is 2.49. The monoisotopic (exact) mass is 201 g/mol. The molecule has 2 N–H and O–H groups in total. The zero-order valence-corrected chi connectivity index (χ0v) is 8.34. The van der Waals surface area contributed by atoms with Crippen LogP contribution in [0.4, 0.5) is 5.82 Å². The summed E-state index contributed by atoms with van der Waals surface area (Å²) in [6.45, 7) is 0. The maximum Gasteiger partial charge on any atom is 0.137 e. The van der Waals surface area contributed by atoms with Crippen LogP contribution in [0.3, 0.4) is 0 Å². The van der Waals surface area contributed by atoms with Crippen LogP contribution in [0.25, 0.3) is 11.3 Å². The third-order valence-corrected chi connectivity index (χ3v) is 2.02. The van der Waals surface area contributed by atoms with Gasteiger partial charge in [-0.2, -0.15) is 0 Å². The number of nitrogens with two attached hydrogens (primary N) is 1. The first kappa shape index (κ1) is 9.45. The largest absolute Gasteiger partial charge is 0.495 e. The Labute approximate surface area is 87.7 Å². The van der Waals surface area contributed by atoms with Crippen molar-refractivity contribution in [1.29, 1.82) is 0 Å². The van der Waals surface area contributed by atoms with E-state index in [0.29, 0.717) is 11.6 Å². The molecule has 0 spiro atoms. The van der Waals surface area contributed by atoms with E-state index >= 15 is 0 Å². The van der Waals surface area contributed by atoms with Crippen molar-refractivity contribution in [3.05, 3.63) is 36.7 Å². The number of nitrogens with zero attached hydrogens (tertiary/aromatic N) is 2. The molecule has 0 aliphatic heterocycles. The molecule has 0 fully saturated rings. The summed E-state index contributed by atoms with van der Waals surface area (Å²) in [4.78, 5) is 8.26. The van der Waals surface area contributed by atoms with Crippen LogP contribution < -0.4 is 10.5 Å².